The Balaban J connectivity index is 1.99. The van der Waals surface area contributed by atoms with E-state index in [4.69, 9.17) is 4.74 Å². The maximum Gasteiger partial charge on any atom is 0.358 e. The standard InChI is InChI=1S/C14H11N3O5/c1-15-6-7-16-12(15)10(17(20)21)11(18)14(16)9-5-3-2-4-8(9)13(19)22-14/h2-5H,6-7H2,1H3. The molecule has 0 radical (unpaired) electrons. The first-order chi connectivity index (χ1) is 10.5. The minimum absolute atomic E-state index is 0.208. The molecule has 8 heteroatoms. The van der Waals surface area contributed by atoms with Gasteiger partial charge in [-0.1, -0.05) is 18.2 Å². The maximum absolute atomic E-state index is 12.8. The third kappa shape index (κ3) is 1.23. The zero-order valence-corrected chi connectivity index (χ0v) is 11.6. The lowest BCUT2D eigenvalue weighted by molar-refractivity contribution is -0.420. The average molecular weight is 301 g/mol. The minimum atomic E-state index is -1.73. The first kappa shape index (κ1) is 12.8. The number of carbonyl (C=O) groups excluding carboxylic acids is 2. The van der Waals surface area contributed by atoms with E-state index < -0.39 is 28.1 Å². The van der Waals surface area contributed by atoms with Crippen molar-refractivity contribution in [1.29, 1.82) is 0 Å². The van der Waals surface area contributed by atoms with Gasteiger partial charge < -0.3 is 14.5 Å². The van der Waals surface area contributed by atoms with Crippen LogP contribution in [0.15, 0.2) is 35.8 Å². The van der Waals surface area contributed by atoms with Gasteiger partial charge in [-0.15, -0.1) is 0 Å². The highest BCUT2D eigenvalue weighted by atomic mass is 16.6. The second-order valence-corrected chi connectivity index (χ2v) is 5.41. The van der Waals surface area contributed by atoms with Crippen molar-refractivity contribution >= 4 is 11.8 Å². The summed E-state index contributed by atoms with van der Waals surface area (Å²) in [5.74, 6) is -1.22. The molecular weight excluding hydrogens is 290 g/mol. The van der Waals surface area contributed by atoms with Crippen molar-refractivity contribution in [2.45, 2.75) is 5.72 Å². The van der Waals surface area contributed by atoms with Crippen molar-refractivity contribution in [3.8, 4) is 0 Å². The van der Waals surface area contributed by atoms with E-state index in [9.17, 15) is 19.7 Å². The van der Waals surface area contributed by atoms with E-state index in [2.05, 4.69) is 0 Å². The number of Topliss-reactive ketones (excluding diaryl/α,β-unsaturated/α-hetero) is 1. The lowest BCUT2D eigenvalue weighted by atomic mass is 9.96. The number of hydrogen-bond donors (Lipinski definition) is 0. The van der Waals surface area contributed by atoms with Crippen LogP contribution in [0, 0.1) is 10.1 Å². The second kappa shape index (κ2) is 3.85. The highest BCUT2D eigenvalue weighted by Crippen LogP contribution is 2.50. The van der Waals surface area contributed by atoms with Crippen LogP contribution in [0.4, 0.5) is 0 Å². The number of ether oxygens (including phenoxy) is 1. The molecule has 3 aliphatic rings. The van der Waals surface area contributed by atoms with E-state index in [1.54, 1.807) is 36.2 Å². The lowest BCUT2D eigenvalue weighted by Crippen LogP contribution is -2.46. The molecule has 3 aliphatic heterocycles. The number of benzene rings is 1. The van der Waals surface area contributed by atoms with Crippen LogP contribution < -0.4 is 0 Å². The molecule has 1 atom stereocenters. The number of rotatable bonds is 1. The van der Waals surface area contributed by atoms with E-state index in [0.717, 1.165) is 0 Å². The SMILES string of the molecule is CN1CCN2C1=C([N+](=O)[O-])C(=O)C21OC(=O)c2ccccc21. The van der Waals surface area contributed by atoms with Crippen LogP contribution in [0.5, 0.6) is 0 Å². The molecule has 22 heavy (non-hydrogen) atoms. The molecule has 1 saturated heterocycles. The molecule has 0 amide bonds. The number of esters is 1. The number of likely N-dealkylation sites (N-methyl/N-ethyl adjacent to an activating group) is 1. The fourth-order valence-corrected chi connectivity index (χ4v) is 3.40. The van der Waals surface area contributed by atoms with Crippen LogP contribution >= 0.6 is 0 Å². The number of nitro groups is 1. The fraction of sp³-hybridized carbons (Fsp3) is 0.286. The number of carbonyl (C=O) groups is 2. The molecule has 1 fully saturated rings. The van der Waals surface area contributed by atoms with Crippen LogP contribution in [0.25, 0.3) is 0 Å². The van der Waals surface area contributed by atoms with Crippen molar-refractivity contribution in [2.24, 2.45) is 0 Å². The molecule has 0 saturated carbocycles. The Morgan fingerprint density at radius 2 is 2.00 bits per heavy atom. The molecule has 8 nitrogen and oxygen atoms in total. The summed E-state index contributed by atoms with van der Waals surface area (Å²) in [4.78, 5) is 38.7. The summed E-state index contributed by atoms with van der Waals surface area (Å²) in [5.41, 5.74) is -1.61. The van der Waals surface area contributed by atoms with Crippen molar-refractivity contribution in [3.05, 3.63) is 57.0 Å². The molecule has 1 aromatic rings. The van der Waals surface area contributed by atoms with E-state index in [1.807, 2.05) is 0 Å². The number of nitrogens with zero attached hydrogens (tertiary/aromatic N) is 3. The fourth-order valence-electron chi connectivity index (χ4n) is 3.40. The van der Waals surface area contributed by atoms with Gasteiger partial charge in [0.05, 0.1) is 10.5 Å². The van der Waals surface area contributed by atoms with Gasteiger partial charge in [0.2, 0.25) is 0 Å². The van der Waals surface area contributed by atoms with Gasteiger partial charge in [-0.05, 0) is 6.07 Å². The zero-order chi connectivity index (χ0) is 15.6. The molecule has 1 aromatic carbocycles. The maximum atomic E-state index is 12.8. The van der Waals surface area contributed by atoms with E-state index in [0.29, 0.717) is 18.7 Å². The largest absolute Gasteiger partial charge is 0.422 e. The van der Waals surface area contributed by atoms with Crippen LogP contribution in [0.2, 0.25) is 0 Å². The average Bonchev–Trinajstić information content (AvgIpc) is 3.07. The van der Waals surface area contributed by atoms with E-state index in [1.165, 1.54) is 4.90 Å². The number of hydrogen-bond acceptors (Lipinski definition) is 7. The molecule has 0 bridgehead atoms. The Bertz CT molecular complexity index is 786. The third-order valence-corrected chi connectivity index (χ3v) is 4.33. The van der Waals surface area contributed by atoms with E-state index >= 15 is 0 Å². The predicted molar refractivity (Wildman–Crippen MR) is 71.9 cm³/mol. The first-order valence-electron chi connectivity index (χ1n) is 6.73. The quantitative estimate of drug-likeness (QED) is 0.418. The van der Waals surface area contributed by atoms with Gasteiger partial charge in [0.1, 0.15) is 0 Å². The van der Waals surface area contributed by atoms with Gasteiger partial charge in [0, 0.05) is 25.7 Å². The Labute approximate surface area is 124 Å². The Morgan fingerprint density at radius 3 is 2.73 bits per heavy atom. The van der Waals surface area contributed by atoms with Crippen LogP contribution in [-0.2, 0) is 15.3 Å². The van der Waals surface area contributed by atoms with Crippen molar-refractivity contribution in [2.75, 3.05) is 20.1 Å². The Kier molecular flexibility index (Phi) is 2.24. The van der Waals surface area contributed by atoms with Crippen molar-refractivity contribution in [1.82, 2.24) is 9.80 Å². The summed E-state index contributed by atoms with van der Waals surface area (Å²) >= 11 is 0. The highest BCUT2D eigenvalue weighted by Gasteiger charge is 2.67. The number of ketones is 1. The molecule has 1 spiro atoms. The Hall–Kier alpha value is -2.90. The van der Waals surface area contributed by atoms with Crippen molar-refractivity contribution in [3.63, 3.8) is 0 Å². The van der Waals surface area contributed by atoms with Gasteiger partial charge in [0.25, 0.3) is 5.72 Å². The summed E-state index contributed by atoms with van der Waals surface area (Å²) in [6.45, 7) is 0.887. The van der Waals surface area contributed by atoms with Crippen LogP contribution in [-0.4, -0.2) is 46.6 Å². The second-order valence-electron chi connectivity index (χ2n) is 5.41. The molecule has 0 aromatic heterocycles. The van der Waals surface area contributed by atoms with Gasteiger partial charge in [0.15, 0.2) is 5.82 Å². The smallest absolute Gasteiger partial charge is 0.358 e. The van der Waals surface area contributed by atoms with E-state index in [-0.39, 0.29) is 11.4 Å². The topological polar surface area (TPSA) is 93.0 Å². The first-order valence-corrected chi connectivity index (χ1v) is 6.73. The zero-order valence-electron chi connectivity index (χ0n) is 11.6. The highest BCUT2D eigenvalue weighted by molar-refractivity contribution is 6.10. The van der Waals surface area contributed by atoms with Gasteiger partial charge >= 0.3 is 17.4 Å². The van der Waals surface area contributed by atoms with Crippen molar-refractivity contribution < 1.29 is 19.2 Å². The molecule has 4 rings (SSSR count). The minimum Gasteiger partial charge on any atom is -0.422 e. The molecule has 0 aliphatic carbocycles. The normalized spacial score (nSPS) is 25.9. The van der Waals surface area contributed by atoms with Gasteiger partial charge in [-0.3, -0.25) is 14.9 Å². The predicted octanol–water partition coefficient (Wildman–Crippen LogP) is 0.286. The molecule has 112 valence electrons. The summed E-state index contributed by atoms with van der Waals surface area (Å²) in [7, 11) is 1.67. The summed E-state index contributed by atoms with van der Waals surface area (Å²) in [5, 5.41) is 11.4. The summed E-state index contributed by atoms with van der Waals surface area (Å²) in [6.07, 6.45) is 0. The van der Waals surface area contributed by atoms with Crippen LogP contribution in [0.3, 0.4) is 0 Å². The molecule has 0 N–H and O–H groups in total. The molecular formula is C14H11N3O5. The number of fused-ring (bicyclic) bond motifs is 4. The summed E-state index contributed by atoms with van der Waals surface area (Å²) in [6, 6.07) is 6.51. The monoisotopic (exact) mass is 301 g/mol. The summed E-state index contributed by atoms with van der Waals surface area (Å²) < 4.78 is 5.40. The Morgan fingerprint density at radius 1 is 1.27 bits per heavy atom. The van der Waals surface area contributed by atoms with Gasteiger partial charge in [-0.2, -0.15) is 0 Å². The van der Waals surface area contributed by atoms with Gasteiger partial charge in [-0.25, -0.2) is 4.79 Å². The van der Waals surface area contributed by atoms with Crippen LogP contribution in [0.1, 0.15) is 15.9 Å². The molecule has 1 unspecified atom stereocenters. The molecule has 3 heterocycles. The lowest BCUT2D eigenvalue weighted by Gasteiger charge is -2.31. The third-order valence-electron chi connectivity index (χ3n) is 4.33.